The van der Waals surface area contributed by atoms with Crippen molar-refractivity contribution < 1.29 is 0 Å². The van der Waals surface area contributed by atoms with Gasteiger partial charge in [0.2, 0.25) is 0 Å². The molecule has 2 N–H and O–H groups in total. The second kappa shape index (κ2) is 3.92. The highest BCUT2D eigenvalue weighted by Gasteiger charge is 2.03. The molecule has 0 bridgehead atoms. The Morgan fingerprint density at radius 3 is 2.58 bits per heavy atom. The van der Waals surface area contributed by atoms with Crippen molar-refractivity contribution in [1.29, 1.82) is 0 Å². The van der Waals surface area contributed by atoms with Gasteiger partial charge in [0.25, 0.3) is 0 Å². The second-order valence-corrected chi connectivity index (χ2v) is 3.64. The largest absolute Gasteiger partial charge is 0.330 e. The monoisotopic (exact) mass is 183 g/mol. The van der Waals surface area contributed by atoms with Gasteiger partial charge in [-0.1, -0.05) is 24.6 Å². The smallest absolute Gasteiger partial charge is 0.0411 e. The zero-order valence-electron chi connectivity index (χ0n) is 7.47. The average Bonchev–Trinajstić information content (AvgIpc) is 2.01. The lowest BCUT2D eigenvalue weighted by atomic mass is 10.00. The number of hydrogen-bond donors (Lipinski definition) is 1. The highest BCUT2D eigenvalue weighted by molar-refractivity contribution is 6.30. The summed E-state index contributed by atoms with van der Waals surface area (Å²) in [6, 6.07) is 6.06. The van der Waals surface area contributed by atoms with Crippen LogP contribution in [0.1, 0.15) is 24.0 Å². The van der Waals surface area contributed by atoms with Gasteiger partial charge in [-0.3, -0.25) is 0 Å². The number of halogens is 1. The fourth-order valence-corrected chi connectivity index (χ4v) is 1.48. The molecule has 2 heteroatoms. The molecule has 0 radical (unpaired) electrons. The fourth-order valence-electron chi connectivity index (χ4n) is 1.19. The Hall–Kier alpha value is -0.530. The van der Waals surface area contributed by atoms with Gasteiger partial charge in [0.05, 0.1) is 0 Å². The average molecular weight is 184 g/mol. The van der Waals surface area contributed by atoms with Crippen molar-refractivity contribution in [2.75, 3.05) is 6.54 Å². The van der Waals surface area contributed by atoms with Crippen LogP contribution in [0, 0.1) is 6.92 Å². The van der Waals surface area contributed by atoms with Crippen LogP contribution in [0.25, 0.3) is 0 Å². The van der Waals surface area contributed by atoms with Gasteiger partial charge >= 0.3 is 0 Å². The number of benzene rings is 1. The van der Waals surface area contributed by atoms with Crippen LogP contribution in [0.15, 0.2) is 18.2 Å². The van der Waals surface area contributed by atoms with Crippen LogP contribution in [0.5, 0.6) is 0 Å². The number of nitrogens with two attached hydrogens (primary N) is 1. The van der Waals surface area contributed by atoms with Crippen LogP contribution in [-0.4, -0.2) is 6.54 Å². The molecule has 0 aliphatic rings. The first kappa shape index (κ1) is 9.56. The maximum atomic E-state index is 5.91. The summed E-state index contributed by atoms with van der Waals surface area (Å²) in [7, 11) is 0. The van der Waals surface area contributed by atoms with E-state index in [1.807, 2.05) is 19.1 Å². The minimum absolute atomic E-state index is 0.391. The Balaban J connectivity index is 3.00. The van der Waals surface area contributed by atoms with Gasteiger partial charge in [0.1, 0.15) is 0 Å². The highest BCUT2D eigenvalue weighted by atomic mass is 35.5. The summed E-state index contributed by atoms with van der Waals surface area (Å²) in [5, 5.41) is 0.797. The van der Waals surface area contributed by atoms with Gasteiger partial charge in [-0.25, -0.2) is 0 Å². The molecular weight excluding hydrogens is 170 g/mol. The third kappa shape index (κ3) is 2.23. The molecule has 66 valence electrons. The molecule has 12 heavy (non-hydrogen) atoms. The molecular formula is C10H14ClN. The Labute approximate surface area is 78.5 Å². The lowest BCUT2D eigenvalue weighted by molar-refractivity contribution is 0.773. The molecule has 0 aromatic heterocycles. The Morgan fingerprint density at radius 1 is 1.42 bits per heavy atom. The van der Waals surface area contributed by atoms with Crippen molar-refractivity contribution >= 4 is 11.6 Å². The van der Waals surface area contributed by atoms with Crippen molar-refractivity contribution in [3.63, 3.8) is 0 Å². The van der Waals surface area contributed by atoms with E-state index in [4.69, 9.17) is 17.3 Å². The standard InChI is InChI=1S/C10H14ClN/c1-7-3-9(8(2)6-12)5-10(11)4-7/h3-5,8H,6,12H2,1-2H3. The zero-order chi connectivity index (χ0) is 9.14. The minimum Gasteiger partial charge on any atom is -0.330 e. The first-order valence-electron chi connectivity index (χ1n) is 4.10. The van der Waals surface area contributed by atoms with E-state index in [1.165, 1.54) is 11.1 Å². The molecule has 0 saturated heterocycles. The van der Waals surface area contributed by atoms with Crippen molar-refractivity contribution in [3.05, 3.63) is 34.3 Å². The predicted octanol–water partition coefficient (Wildman–Crippen LogP) is 2.71. The molecule has 0 spiro atoms. The molecule has 0 saturated carbocycles. The molecule has 1 atom stereocenters. The molecule has 0 aliphatic carbocycles. The van der Waals surface area contributed by atoms with Crippen molar-refractivity contribution in [1.82, 2.24) is 0 Å². The summed E-state index contributed by atoms with van der Waals surface area (Å²) >= 11 is 5.91. The molecule has 1 aromatic carbocycles. The molecule has 1 rings (SSSR count). The SMILES string of the molecule is Cc1cc(Cl)cc(C(C)CN)c1. The minimum atomic E-state index is 0.391. The molecule has 0 amide bonds. The van der Waals surface area contributed by atoms with E-state index >= 15 is 0 Å². The summed E-state index contributed by atoms with van der Waals surface area (Å²) in [6.45, 7) is 4.81. The van der Waals surface area contributed by atoms with Gasteiger partial charge in [0.15, 0.2) is 0 Å². The lowest BCUT2D eigenvalue weighted by Gasteiger charge is -2.09. The van der Waals surface area contributed by atoms with Crippen LogP contribution >= 0.6 is 11.6 Å². The predicted molar refractivity (Wildman–Crippen MR) is 53.7 cm³/mol. The maximum absolute atomic E-state index is 5.91. The van der Waals surface area contributed by atoms with Crippen LogP contribution in [0.2, 0.25) is 5.02 Å². The number of aryl methyl sites for hydroxylation is 1. The molecule has 1 unspecified atom stereocenters. The van der Waals surface area contributed by atoms with Gasteiger partial charge in [-0.2, -0.15) is 0 Å². The van der Waals surface area contributed by atoms with Gasteiger partial charge in [-0.15, -0.1) is 0 Å². The van der Waals surface area contributed by atoms with Crippen molar-refractivity contribution in [3.8, 4) is 0 Å². The second-order valence-electron chi connectivity index (χ2n) is 3.20. The third-order valence-electron chi connectivity index (χ3n) is 1.99. The lowest BCUT2D eigenvalue weighted by Crippen LogP contribution is -2.08. The Bertz CT molecular complexity index is 250. The van der Waals surface area contributed by atoms with E-state index < -0.39 is 0 Å². The topological polar surface area (TPSA) is 26.0 Å². The van der Waals surface area contributed by atoms with Crippen LogP contribution < -0.4 is 5.73 Å². The van der Waals surface area contributed by atoms with Gasteiger partial charge < -0.3 is 5.73 Å². The van der Waals surface area contributed by atoms with E-state index in [9.17, 15) is 0 Å². The Morgan fingerprint density at radius 2 is 2.08 bits per heavy atom. The van der Waals surface area contributed by atoms with Crippen molar-refractivity contribution in [2.24, 2.45) is 5.73 Å². The molecule has 0 aliphatic heterocycles. The van der Waals surface area contributed by atoms with Crippen LogP contribution in [0.3, 0.4) is 0 Å². The quantitative estimate of drug-likeness (QED) is 0.750. The first-order chi connectivity index (χ1) is 5.63. The number of rotatable bonds is 2. The summed E-state index contributed by atoms with van der Waals surface area (Å²) in [5.41, 5.74) is 7.98. The molecule has 1 nitrogen and oxygen atoms in total. The van der Waals surface area contributed by atoms with Crippen molar-refractivity contribution in [2.45, 2.75) is 19.8 Å². The van der Waals surface area contributed by atoms with E-state index in [2.05, 4.69) is 13.0 Å². The Kier molecular flexibility index (Phi) is 3.12. The third-order valence-corrected chi connectivity index (χ3v) is 2.21. The van der Waals surface area contributed by atoms with Crippen LogP contribution in [0.4, 0.5) is 0 Å². The normalized spacial score (nSPS) is 13.0. The summed E-state index contributed by atoms with van der Waals surface area (Å²) < 4.78 is 0. The first-order valence-corrected chi connectivity index (χ1v) is 4.48. The maximum Gasteiger partial charge on any atom is 0.0411 e. The number of hydrogen-bond acceptors (Lipinski definition) is 1. The molecule has 0 heterocycles. The van der Waals surface area contributed by atoms with E-state index in [1.54, 1.807) is 0 Å². The highest BCUT2D eigenvalue weighted by Crippen LogP contribution is 2.20. The van der Waals surface area contributed by atoms with E-state index in [-0.39, 0.29) is 0 Å². The summed E-state index contributed by atoms with van der Waals surface area (Å²) in [5.74, 6) is 0.391. The van der Waals surface area contributed by atoms with Crippen LogP contribution in [-0.2, 0) is 0 Å². The van der Waals surface area contributed by atoms with E-state index in [0.717, 1.165) is 5.02 Å². The molecule has 0 fully saturated rings. The van der Waals surface area contributed by atoms with Gasteiger partial charge in [0, 0.05) is 5.02 Å². The zero-order valence-corrected chi connectivity index (χ0v) is 8.23. The summed E-state index contributed by atoms with van der Waals surface area (Å²) in [6.07, 6.45) is 0. The van der Waals surface area contributed by atoms with Gasteiger partial charge in [-0.05, 0) is 42.6 Å². The van der Waals surface area contributed by atoms with E-state index in [0.29, 0.717) is 12.5 Å². The summed E-state index contributed by atoms with van der Waals surface area (Å²) in [4.78, 5) is 0. The fraction of sp³-hybridized carbons (Fsp3) is 0.400. The molecule has 1 aromatic rings.